The third-order valence-corrected chi connectivity index (χ3v) is 7.34. The monoisotopic (exact) mass is 685 g/mol. The maximum Gasteiger partial charge on any atom is 0.430 e. The van der Waals surface area contributed by atoms with E-state index >= 15 is 0 Å². The van der Waals surface area contributed by atoms with E-state index in [1.54, 1.807) is 32.9 Å². The van der Waals surface area contributed by atoms with Gasteiger partial charge in [0.05, 0.1) is 0 Å². The standard InChI is InChI=1S/C34H41N3O5.C2HF3O2/c1-21(2)18-30(32(39)42-34(3,4)5)37-31(38)29(35)19-22-14-16-23(17-15-22)36-33(40)41-20-28-26-12-8-6-10-24(26)25-11-7-9-13-27(25)28;3-2(4,5)1(6)7/h6-17,21,28-30H,18-20,35H2,1-5H3,(H,36,40)(H,37,38);(H,6,7)/t29-,30-;/m0./s1. The summed E-state index contributed by atoms with van der Waals surface area (Å²) in [5.41, 5.74) is 9.50. The lowest BCUT2D eigenvalue weighted by Crippen LogP contribution is -2.69. The number of hydrogen-bond acceptors (Lipinski definition) is 7. The molecule has 0 aliphatic heterocycles. The molecule has 0 heterocycles. The molecule has 0 unspecified atom stereocenters. The van der Waals surface area contributed by atoms with Crippen LogP contribution in [0.1, 0.15) is 63.6 Å². The topological polar surface area (TPSA) is 162 Å². The minimum Gasteiger partial charge on any atom is -0.542 e. The number of carbonyl (C=O) groups excluding carboxylic acids is 4. The Morgan fingerprint density at radius 1 is 0.878 bits per heavy atom. The van der Waals surface area contributed by atoms with Crippen LogP contribution >= 0.6 is 0 Å². The van der Waals surface area contributed by atoms with Gasteiger partial charge in [-0.3, -0.25) is 10.1 Å². The van der Waals surface area contributed by atoms with E-state index in [0.717, 1.165) is 16.7 Å². The minimum absolute atomic E-state index is 0.0129. The highest BCUT2D eigenvalue weighted by molar-refractivity contribution is 5.87. The fourth-order valence-electron chi connectivity index (χ4n) is 5.20. The molecule has 13 heteroatoms. The van der Waals surface area contributed by atoms with Crippen LogP contribution in [0.15, 0.2) is 72.8 Å². The van der Waals surface area contributed by atoms with Crippen LogP contribution in [0, 0.1) is 5.92 Å². The zero-order valence-corrected chi connectivity index (χ0v) is 28.1. The predicted octanol–water partition coefficient (Wildman–Crippen LogP) is 4.37. The van der Waals surface area contributed by atoms with Crippen LogP contribution in [0.3, 0.4) is 0 Å². The number of rotatable bonds is 10. The number of anilines is 1. The second-order valence-electron chi connectivity index (χ2n) is 13.1. The van der Waals surface area contributed by atoms with Crippen molar-refractivity contribution in [3.05, 3.63) is 89.5 Å². The Morgan fingerprint density at radius 3 is 1.86 bits per heavy atom. The van der Waals surface area contributed by atoms with Gasteiger partial charge in [-0.2, -0.15) is 13.2 Å². The number of carbonyl (C=O) groups is 4. The van der Waals surface area contributed by atoms with Crippen molar-refractivity contribution in [2.75, 3.05) is 11.9 Å². The van der Waals surface area contributed by atoms with Crippen LogP contribution in [-0.4, -0.2) is 54.4 Å². The Kier molecular flexibility index (Phi) is 12.9. The Hall–Kier alpha value is -4.91. The third-order valence-electron chi connectivity index (χ3n) is 7.34. The molecule has 49 heavy (non-hydrogen) atoms. The highest BCUT2D eigenvalue weighted by Crippen LogP contribution is 2.44. The number of aliphatic carboxylic acids is 1. The molecule has 0 fully saturated rings. The van der Waals surface area contributed by atoms with Gasteiger partial charge in [-0.05, 0) is 73.1 Å². The van der Waals surface area contributed by atoms with Crippen molar-refractivity contribution in [2.24, 2.45) is 5.92 Å². The quantitative estimate of drug-likeness (QED) is 0.267. The molecule has 0 radical (unpaired) electrons. The Labute approximate surface area is 283 Å². The molecule has 0 saturated heterocycles. The molecular formula is C36H42F3N3O7. The second kappa shape index (κ2) is 16.5. The summed E-state index contributed by atoms with van der Waals surface area (Å²) in [5, 5.41) is 14.4. The lowest BCUT2D eigenvalue weighted by molar-refractivity contribution is -0.403. The molecule has 2 atom stereocenters. The van der Waals surface area contributed by atoms with Crippen LogP contribution in [0.25, 0.3) is 11.1 Å². The number of hydrogen-bond donors (Lipinski definition) is 3. The van der Waals surface area contributed by atoms with Crippen LogP contribution in [0.5, 0.6) is 0 Å². The molecular weight excluding hydrogens is 643 g/mol. The zero-order valence-electron chi connectivity index (χ0n) is 28.1. The van der Waals surface area contributed by atoms with Gasteiger partial charge in [0.1, 0.15) is 24.2 Å². The molecule has 0 bridgehead atoms. The molecule has 1 aliphatic rings. The van der Waals surface area contributed by atoms with E-state index < -0.39 is 41.9 Å². The molecule has 0 saturated carbocycles. The molecule has 1 aliphatic carbocycles. The number of nitrogens with one attached hydrogen (secondary N) is 2. The number of ether oxygens (including phenoxy) is 2. The van der Waals surface area contributed by atoms with E-state index in [4.69, 9.17) is 19.4 Å². The number of esters is 1. The summed E-state index contributed by atoms with van der Waals surface area (Å²) in [6, 6.07) is 22.3. The van der Waals surface area contributed by atoms with Gasteiger partial charge in [0.25, 0.3) is 5.91 Å². The number of alkyl halides is 3. The SMILES string of the molecule is CC(C)C[C@H](NC(=O)[C@@H]([NH3+])Cc1ccc(NC(=O)OCC2c3ccccc3-c3ccccc32)cc1)C(=O)OC(C)(C)C.O=C([O-])C(F)(F)F. The molecule has 264 valence electrons. The molecule has 5 N–H and O–H groups in total. The van der Waals surface area contributed by atoms with Gasteiger partial charge in [-0.15, -0.1) is 0 Å². The number of benzene rings is 3. The Morgan fingerprint density at radius 2 is 1.39 bits per heavy atom. The molecule has 2 amide bonds. The maximum absolute atomic E-state index is 12.9. The van der Waals surface area contributed by atoms with Crippen LogP contribution in [0.4, 0.5) is 23.7 Å². The number of carboxylic acid groups (broad SMARTS) is 1. The summed E-state index contributed by atoms with van der Waals surface area (Å²) in [6.45, 7) is 9.62. The van der Waals surface area contributed by atoms with Gasteiger partial charge < -0.3 is 30.4 Å². The van der Waals surface area contributed by atoms with Crippen LogP contribution < -0.4 is 21.5 Å². The average Bonchev–Trinajstić information content (AvgIpc) is 3.33. The summed E-state index contributed by atoms with van der Waals surface area (Å²) in [7, 11) is 0. The first-order valence-corrected chi connectivity index (χ1v) is 15.7. The number of halogens is 3. The fourth-order valence-corrected chi connectivity index (χ4v) is 5.20. The van der Waals surface area contributed by atoms with Crippen molar-refractivity contribution in [3.63, 3.8) is 0 Å². The smallest absolute Gasteiger partial charge is 0.430 e. The molecule has 3 aromatic rings. The summed E-state index contributed by atoms with van der Waals surface area (Å²) >= 11 is 0. The molecule has 0 aromatic heterocycles. The van der Waals surface area contributed by atoms with Gasteiger partial charge in [0.15, 0.2) is 6.04 Å². The number of quaternary nitrogens is 1. The first-order chi connectivity index (χ1) is 22.9. The second-order valence-corrected chi connectivity index (χ2v) is 13.1. The van der Waals surface area contributed by atoms with E-state index in [9.17, 15) is 27.6 Å². The van der Waals surface area contributed by atoms with Crippen LogP contribution in [-0.2, 0) is 30.3 Å². The fraction of sp³-hybridized carbons (Fsp3) is 0.389. The summed E-state index contributed by atoms with van der Waals surface area (Å²) in [5.74, 6) is -3.58. The van der Waals surface area contributed by atoms with Crippen molar-refractivity contribution in [1.29, 1.82) is 0 Å². The largest absolute Gasteiger partial charge is 0.542 e. The lowest BCUT2D eigenvalue weighted by atomic mass is 9.98. The molecule has 10 nitrogen and oxygen atoms in total. The summed E-state index contributed by atoms with van der Waals surface area (Å²) in [4.78, 5) is 47.0. The van der Waals surface area contributed by atoms with Crippen molar-refractivity contribution in [3.8, 4) is 11.1 Å². The summed E-state index contributed by atoms with van der Waals surface area (Å²) in [6.07, 6.45) is -4.87. The first-order valence-electron chi connectivity index (χ1n) is 15.7. The van der Waals surface area contributed by atoms with Gasteiger partial charge in [-0.1, -0.05) is 74.5 Å². The van der Waals surface area contributed by atoms with Gasteiger partial charge in [0.2, 0.25) is 0 Å². The van der Waals surface area contributed by atoms with Crippen molar-refractivity contribution in [2.45, 2.75) is 77.2 Å². The number of carboxylic acids is 1. The third kappa shape index (κ3) is 11.6. The maximum atomic E-state index is 12.9. The molecule has 3 aromatic carbocycles. The molecule has 0 spiro atoms. The Balaban J connectivity index is 0.000000838. The first kappa shape index (κ1) is 38.5. The van der Waals surface area contributed by atoms with Crippen LogP contribution in [0.2, 0.25) is 0 Å². The van der Waals surface area contributed by atoms with E-state index in [2.05, 4.69) is 40.6 Å². The average molecular weight is 686 g/mol. The zero-order chi connectivity index (χ0) is 36.5. The van der Waals surface area contributed by atoms with Crippen molar-refractivity contribution < 1.29 is 52.7 Å². The number of fused-ring (bicyclic) bond motifs is 3. The van der Waals surface area contributed by atoms with E-state index in [-0.39, 0.29) is 24.3 Å². The normalized spacial score (nSPS) is 13.6. The molecule has 4 rings (SSSR count). The highest BCUT2D eigenvalue weighted by atomic mass is 19.4. The van der Waals surface area contributed by atoms with Crippen molar-refractivity contribution in [1.82, 2.24) is 5.32 Å². The Bertz CT molecular complexity index is 1570. The lowest BCUT2D eigenvalue weighted by Gasteiger charge is -2.26. The van der Waals surface area contributed by atoms with E-state index in [0.29, 0.717) is 18.5 Å². The minimum atomic E-state index is -5.19. The highest BCUT2D eigenvalue weighted by Gasteiger charge is 2.31. The predicted molar refractivity (Wildman–Crippen MR) is 174 cm³/mol. The summed E-state index contributed by atoms with van der Waals surface area (Å²) < 4.78 is 42.7. The van der Waals surface area contributed by atoms with E-state index in [1.807, 2.05) is 50.2 Å². The van der Waals surface area contributed by atoms with E-state index in [1.165, 1.54) is 11.1 Å². The van der Waals surface area contributed by atoms with Gasteiger partial charge >= 0.3 is 18.2 Å². The number of amides is 2. The van der Waals surface area contributed by atoms with Gasteiger partial charge in [-0.25, -0.2) is 9.59 Å². The van der Waals surface area contributed by atoms with Crippen molar-refractivity contribution >= 4 is 29.6 Å². The van der Waals surface area contributed by atoms with Gasteiger partial charge in [0, 0.05) is 18.0 Å².